The maximum absolute atomic E-state index is 12.2. The summed E-state index contributed by atoms with van der Waals surface area (Å²) in [5.41, 5.74) is 0.501. The molecule has 0 aliphatic heterocycles. The van der Waals surface area contributed by atoms with Crippen LogP contribution in [-0.4, -0.2) is 44.8 Å². The van der Waals surface area contributed by atoms with Gasteiger partial charge in [-0.15, -0.1) is 0 Å². The molecule has 101 valence electrons. The topological polar surface area (TPSA) is 35.5 Å². The Bertz CT molecular complexity index is 427. The summed E-state index contributed by atoms with van der Waals surface area (Å²) in [7, 11) is 3.27. The first kappa shape index (κ1) is 18.8. The van der Waals surface area contributed by atoms with E-state index in [0.717, 1.165) is 19.0 Å². The number of carbonyl (C=O) groups is 1. The van der Waals surface area contributed by atoms with Crippen molar-refractivity contribution in [1.29, 1.82) is 0 Å². The monoisotopic (exact) mass is 295 g/mol. The van der Waals surface area contributed by atoms with Crippen LogP contribution in [0.25, 0.3) is 0 Å². The molecular weight excluding hydrogens is 278 g/mol. The van der Waals surface area contributed by atoms with Crippen LogP contribution in [0, 0.1) is 0 Å². The number of unbranched alkanes of at least 4 members (excludes halogenated alkanes) is 1. The van der Waals surface area contributed by atoms with Gasteiger partial charge in [-0.3, -0.25) is 4.79 Å². The summed E-state index contributed by atoms with van der Waals surface area (Å²) in [5, 5.41) is 0.432. The van der Waals surface area contributed by atoms with E-state index in [0.29, 0.717) is 22.1 Å². The van der Waals surface area contributed by atoms with Crippen molar-refractivity contribution in [2.45, 2.75) is 19.8 Å². The molecule has 0 amide bonds. The summed E-state index contributed by atoms with van der Waals surface area (Å²) < 4.78 is 10.4. The van der Waals surface area contributed by atoms with Crippen molar-refractivity contribution in [2.75, 3.05) is 20.4 Å². The van der Waals surface area contributed by atoms with Gasteiger partial charge in [-0.05, 0) is 33.3 Å². The van der Waals surface area contributed by atoms with E-state index >= 15 is 0 Å². The summed E-state index contributed by atoms with van der Waals surface area (Å²) >= 11 is 6.03. The number of methoxy groups -OCH3 is 2. The van der Waals surface area contributed by atoms with Crippen LogP contribution in [0.2, 0.25) is 5.02 Å². The van der Waals surface area contributed by atoms with E-state index in [2.05, 4.69) is 6.92 Å². The Morgan fingerprint density at radius 3 is 2.53 bits per heavy atom. The van der Waals surface area contributed by atoms with E-state index in [-0.39, 0.29) is 33.0 Å². The summed E-state index contributed by atoms with van der Waals surface area (Å²) in [6, 6.07) is 3.37. The predicted octanol–water partition coefficient (Wildman–Crippen LogP) is 3.60. The molecule has 0 spiro atoms. The van der Waals surface area contributed by atoms with Crippen LogP contribution in [0.5, 0.6) is 11.5 Å². The summed E-state index contributed by atoms with van der Waals surface area (Å²) in [6.45, 7) is 2.11. The van der Waals surface area contributed by atoms with Crippen molar-refractivity contribution in [1.82, 2.24) is 0 Å². The van der Waals surface area contributed by atoms with E-state index < -0.39 is 0 Å². The number of hydrogen-bond donors (Lipinski definition) is 0. The van der Waals surface area contributed by atoms with Crippen LogP contribution in [0.3, 0.4) is 0 Å². The second kappa shape index (κ2) is 9.67. The number of halogens is 1. The van der Waals surface area contributed by atoms with E-state index in [1.807, 2.05) is 0 Å². The molecule has 0 aromatic heterocycles. The number of rotatable bonds is 7. The Hall–Kier alpha value is -0.193. The first-order chi connectivity index (χ1) is 8.65. The molecule has 0 fully saturated rings. The van der Waals surface area contributed by atoms with Gasteiger partial charge in [-0.25, -0.2) is 0 Å². The minimum absolute atomic E-state index is 0. The van der Waals surface area contributed by atoms with Crippen LogP contribution in [0.4, 0.5) is 0 Å². The van der Waals surface area contributed by atoms with Gasteiger partial charge < -0.3 is 9.47 Å². The SMILES string of the molecule is CCCCPC(=O)c1c(OC)ccc(Cl)c1OC.[Li]. The second-order valence-corrected chi connectivity index (χ2v) is 5.48. The first-order valence-electron chi connectivity index (χ1n) is 5.84. The fourth-order valence-corrected chi connectivity index (χ4v) is 3.00. The van der Waals surface area contributed by atoms with Crippen LogP contribution >= 0.6 is 20.2 Å². The van der Waals surface area contributed by atoms with Crippen LogP contribution < -0.4 is 9.47 Å². The Kier molecular flexibility index (Phi) is 9.57. The summed E-state index contributed by atoms with van der Waals surface area (Å²) in [5.74, 6) is 0.926. The molecule has 1 aromatic carbocycles. The van der Waals surface area contributed by atoms with Crippen molar-refractivity contribution >= 4 is 44.6 Å². The molecule has 0 N–H and O–H groups in total. The summed E-state index contributed by atoms with van der Waals surface area (Å²) in [4.78, 5) is 12.2. The second-order valence-electron chi connectivity index (χ2n) is 3.77. The maximum atomic E-state index is 12.2. The van der Waals surface area contributed by atoms with Gasteiger partial charge in [-0.2, -0.15) is 0 Å². The largest absolute Gasteiger partial charge is 0.496 e. The van der Waals surface area contributed by atoms with E-state index in [4.69, 9.17) is 21.1 Å². The zero-order valence-corrected chi connectivity index (χ0v) is 13.6. The Morgan fingerprint density at radius 1 is 1.32 bits per heavy atom. The van der Waals surface area contributed by atoms with Crippen molar-refractivity contribution < 1.29 is 14.3 Å². The van der Waals surface area contributed by atoms with Crippen molar-refractivity contribution in [3.63, 3.8) is 0 Å². The van der Waals surface area contributed by atoms with E-state index in [1.165, 1.54) is 14.2 Å². The zero-order chi connectivity index (χ0) is 13.5. The van der Waals surface area contributed by atoms with Crippen molar-refractivity contribution in [2.24, 2.45) is 0 Å². The third kappa shape index (κ3) is 5.01. The molecule has 1 radical (unpaired) electrons. The van der Waals surface area contributed by atoms with Gasteiger partial charge in [0, 0.05) is 18.9 Å². The molecule has 1 unspecified atom stereocenters. The number of ether oxygens (including phenoxy) is 2. The van der Waals surface area contributed by atoms with Gasteiger partial charge in [0.05, 0.1) is 19.2 Å². The number of carbonyl (C=O) groups excluding carboxylic acids is 1. The minimum Gasteiger partial charge on any atom is -0.496 e. The molecule has 1 rings (SSSR count). The van der Waals surface area contributed by atoms with Crippen molar-refractivity contribution in [3.05, 3.63) is 22.7 Å². The standard InChI is InChI=1S/C13H18ClO3P.Li/c1-4-5-8-18-13(15)11-10(16-2)7-6-9(14)12(11)17-3;/h6-7,18H,4-5,8H2,1-3H3;. The molecule has 3 nitrogen and oxygen atoms in total. The molecule has 1 aromatic rings. The molecule has 6 heteroatoms. The van der Waals surface area contributed by atoms with Gasteiger partial charge in [0.15, 0.2) is 11.3 Å². The van der Waals surface area contributed by atoms with E-state index in [9.17, 15) is 4.79 Å². The third-order valence-electron chi connectivity index (χ3n) is 2.54. The van der Waals surface area contributed by atoms with Gasteiger partial charge in [0.25, 0.3) is 0 Å². The van der Waals surface area contributed by atoms with Crippen LogP contribution in [0.1, 0.15) is 30.1 Å². The van der Waals surface area contributed by atoms with Gasteiger partial charge >= 0.3 is 0 Å². The fraction of sp³-hybridized carbons (Fsp3) is 0.462. The molecular formula is C13H18ClLiO3P. The van der Waals surface area contributed by atoms with Gasteiger partial charge in [0.2, 0.25) is 0 Å². The molecule has 0 aliphatic rings. The van der Waals surface area contributed by atoms with Crippen LogP contribution in [0.15, 0.2) is 12.1 Å². The molecule has 19 heavy (non-hydrogen) atoms. The van der Waals surface area contributed by atoms with Crippen LogP contribution in [-0.2, 0) is 0 Å². The molecule has 0 saturated carbocycles. The molecule has 0 aliphatic carbocycles. The van der Waals surface area contributed by atoms with Crippen molar-refractivity contribution in [3.8, 4) is 11.5 Å². The maximum Gasteiger partial charge on any atom is 0.188 e. The van der Waals surface area contributed by atoms with Gasteiger partial charge in [-0.1, -0.05) is 24.9 Å². The number of benzene rings is 1. The smallest absolute Gasteiger partial charge is 0.188 e. The summed E-state index contributed by atoms with van der Waals surface area (Å²) in [6.07, 6.45) is 3.04. The molecule has 0 bridgehead atoms. The molecule has 1 atom stereocenters. The average Bonchev–Trinajstić information content (AvgIpc) is 2.38. The third-order valence-corrected chi connectivity index (χ3v) is 4.01. The molecule has 0 saturated heterocycles. The fourth-order valence-electron chi connectivity index (χ4n) is 1.59. The quantitative estimate of drug-likeness (QED) is 0.438. The minimum atomic E-state index is 0. The normalized spacial score (nSPS) is 10.3. The number of hydrogen-bond acceptors (Lipinski definition) is 3. The van der Waals surface area contributed by atoms with E-state index in [1.54, 1.807) is 12.1 Å². The first-order valence-corrected chi connectivity index (χ1v) is 7.42. The Labute approximate surface area is 133 Å². The molecule has 0 heterocycles. The van der Waals surface area contributed by atoms with Gasteiger partial charge in [0.1, 0.15) is 11.3 Å². The predicted molar refractivity (Wildman–Crippen MR) is 82.7 cm³/mol. The Morgan fingerprint density at radius 2 is 2.00 bits per heavy atom. The zero-order valence-electron chi connectivity index (χ0n) is 11.9. The Balaban J connectivity index is 0.00000324. The average molecular weight is 296 g/mol.